The molecular formula is C13H27N3O. The van der Waals surface area contributed by atoms with Crippen LogP contribution in [-0.2, 0) is 4.79 Å². The van der Waals surface area contributed by atoms with Crippen LogP contribution < -0.4 is 11.1 Å². The van der Waals surface area contributed by atoms with Crippen molar-refractivity contribution in [2.24, 2.45) is 5.73 Å². The zero-order chi connectivity index (χ0) is 12.5. The summed E-state index contributed by atoms with van der Waals surface area (Å²) >= 11 is 0. The summed E-state index contributed by atoms with van der Waals surface area (Å²) in [6.07, 6.45) is 6.37. The number of likely N-dealkylation sites (N-methyl/N-ethyl adjacent to an activating group) is 1. The average Bonchev–Trinajstić information content (AvgIpc) is 3.14. The molecule has 1 rings (SSSR count). The molecule has 17 heavy (non-hydrogen) atoms. The van der Waals surface area contributed by atoms with Crippen LogP contribution in [0.25, 0.3) is 0 Å². The summed E-state index contributed by atoms with van der Waals surface area (Å²) in [6, 6.07) is 0.793. The lowest BCUT2D eigenvalue weighted by Crippen LogP contribution is -2.36. The van der Waals surface area contributed by atoms with Crippen LogP contribution in [0.4, 0.5) is 0 Å². The zero-order valence-corrected chi connectivity index (χ0v) is 11.1. The lowest BCUT2D eigenvalue weighted by Gasteiger charge is -2.19. The molecule has 0 saturated heterocycles. The summed E-state index contributed by atoms with van der Waals surface area (Å²) in [6.45, 7) is 5.80. The molecule has 1 fully saturated rings. The Balaban J connectivity index is 1.95. The fraction of sp³-hybridized carbons (Fsp3) is 0.923. The van der Waals surface area contributed by atoms with Crippen molar-refractivity contribution >= 4 is 5.91 Å². The van der Waals surface area contributed by atoms with Crippen molar-refractivity contribution in [1.29, 1.82) is 0 Å². The molecule has 0 heterocycles. The molecule has 0 aromatic heterocycles. The van der Waals surface area contributed by atoms with Crippen LogP contribution in [0.15, 0.2) is 0 Å². The van der Waals surface area contributed by atoms with Gasteiger partial charge in [-0.25, -0.2) is 0 Å². The van der Waals surface area contributed by atoms with Crippen molar-refractivity contribution in [1.82, 2.24) is 10.2 Å². The van der Waals surface area contributed by atoms with E-state index in [1.807, 2.05) is 0 Å². The van der Waals surface area contributed by atoms with E-state index < -0.39 is 0 Å². The van der Waals surface area contributed by atoms with Gasteiger partial charge in [0.05, 0.1) is 0 Å². The van der Waals surface area contributed by atoms with Crippen LogP contribution in [-0.4, -0.2) is 43.0 Å². The first-order valence-electron chi connectivity index (χ1n) is 6.98. The molecule has 0 unspecified atom stereocenters. The van der Waals surface area contributed by atoms with E-state index in [9.17, 15) is 4.79 Å². The third-order valence-corrected chi connectivity index (χ3v) is 3.30. The number of unbranched alkanes of at least 4 members (excludes halogenated alkanes) is 2. The van der Waals surface area contributed by atoms with Gasteiger partial charge in [-0.1, -0.05) is 13.3 Å². The molecule has 1 aliphatic carbocycles. The second-order valence-corrected chi connectivity index (χ2v) is 4.81. The zero-order valence-electron chi connectivity index (χ0n) is 11.1. The van der Waals surface area contributed by atoms with Gasteiger partial charge in [-0.05, 0) is 38.8 Å². The molecule has 100 valence electrons. The van der Waals surface area contributed by atoms with Crippen molar-refractivity contribution < 1.29 is 4.79 Å². The van der Waals surface area contributed by atoms with Gasteiger partial charge < -0.3 is 11.1 Å². The molecule has 0 bridgehead atoms. The summed E-state index contributed by atoms with van der Waals surface area (Å²) in [7, 11) is 0. The molecule has 0 aromatic carbocycles. The fourth-order valence-corrected chi connectivity index (χ4v) is 2.07. The maximum absolute atomic E-state index is 11.5. The lowest BCUT2D eigenvalue weighted by atomic mass is 10.2. The monoisotopic (exact) mass is 241 g/mol. The van der Waals surface area contributed by atoms with E-state index in [2.05, 4.69) is 17.1 Å². The van der Waals surface area contributed by atoms with E-state index in [1.165, 1.54) is 12.8 Å². The summed E-state index contributed by atoms with van der Waals surface area (Å²) in [4.78, 5) is 14.0. The van der Waals surface area contributed by atoms with Gasteiger partial charge in [-0.15, -0.1) is 0 Å². The quantitative estimate of drug-likeness (QED) is 0.563. The largest absolute Gasteiger partial charge is 0.355 e. The van der Waals surface area contributed by atoms with E-state index in [4.69, 9.17) is 5.73 Å². The van der Waals surface area contributed by atoms with Crippen LogP contribution in [0.5, 0.6) is 0 Å². The smallest absolute Gasteiger partial charge is 0.220 e. The number of hydrogen-bond acceptors (Lipinski definition) is 3. The van der Waals surface area contributed by atoms with Gasteiger partial charge in [0, 0.05) is 25.6 Å². The minimum Gasteiger partial charge on any atom is -0.355 e. The minimum atomic E-state index is 0.189. The molecule has 3 N–H and O–H groups in total. The van der Waals surface area contributed by atoms with E-state index in [0.717, 1.165) is 51.5 Å². The lowest BCUT2D eigenvalue weighted by molar-refractivity contribution is -0.121. The van der Waals surface area contributed by atoms with Crippen molar-refractivity contribution in [2.45, 2.75) is 51.5 Å². The number of nitrogens with one attached hydrogen (secondary N) is 1. The van der Waals surface area contributed by atoms with Gasteiger partial charge in [0.25, 0.3) is 0 Å². The van der Waals surface area contributed by atoms with Crippen LogP contribution in [0.3, 0.4) is 0 Å². The van der Waals surface area contributed by atoms with Crippen LogP contribution in [0.2, 0.25) is 0 Å². The maximum Gasteiger partial charge on any atom is 0.220 e. The first-order valence-corrected chi connectivity index (χ1v) is 6.98. The first kappa shape index (κ1) is 14.5. The predicted molar refractivity (Wildman–Crippen MR) is 70.8 cm³/mol. The van der Waals surface area contributed by atoms with Gasteiger partial charge in [0.2, 0.25) is 5.91 Å². The number of rotatable bonds is 10. The number of carbonyl (C=O) groups is 1. The van der Waals surface area contributed by atoms with E-state index in [1.54, 1.807) is 0 Å². The third kappa shape index (κ3) is 6.64. The second-order valence-electron chi connectivity index (χ2n) is 4.81. The Kier molecular flexibility index (Phi) is 7.21. The molecule has 0 aliphatic heterocycles. The summed E-state index contributed by atoms with van der Waals surface area (Å²) < 4.78 is 0. The van der Waals surface area contributed by atoms with Crippen molar-refractivity contribution in [3.8, 4) is 0 Å². The predicted octanol–water partition coefficient (Wildman–Crippen LogP) is 1.11. The second kappa shape index (κ2) is 8.48. The van der Waals surface area contributed by atoms with Crippen molar-refractivity contribution in [3.05, 3.63) is 0 Å². The summed E-state index contributed by atoms with van der Waals surface area (Å²) in [5, 5.41) is 3.00. The molecule has 1 aliphatic rings. The van der Waals surface area contributed by atoms with Crippen LogP contribution >= 0.6 is 0 Å². The molecule has 0 atom stereocenters. The Labute approximate surface area is 105 Å². The molecule has 4 heteroatoms. The normalized spacial score (nSPS) is 15.2. The Morgan fingerprint density at radius 2 is 2.12 bits per heavy atom. The molecule has 0 spiro atoms. The van der Waals surface area contributed by atoms with Gasteiger partial charge >= 0.3 is 0 Å². The number of nitrogens with zero attached hydrogens (tertiary/aromatic N) is 1. The Morgan fingerprint density at radius 1 is 1.35 bits per heavy atom. The first-order chi connectivity index (χ1) is 8.27. The van der Waals surface area contributed by atoms with Gasteiger partial charge in [0.15, 0.2) is 0 Å². The minimum absolute atomic E-state index is 0.189. The van der Waals surface area contributed by atoms with Gasteiger partial charge in [0.1, 0.15) is 0 Å². The van der Waals surface area contributed by atoms with Gasteiger partial charge in [-0.2, -0.15) is 0 Å². The third-order valence-electron chi connectivity index (χ3n) is 3.30. The fourth-order valence-electron chi connectivity index (χ4n) is 2.07. The molecular weight excluding hydrogens is 214 g/mol. The Morgan fingerprint density at radius 3 is 2.71 bits per heavy atom. The van der Waals surface area contributed by atoms with Crippen molar-refractivity contribution in [2.75, 3.05) is 26.2 Å². The SMILES string of the molecule is CCN(CCNC(=O)CCCCCN)C1CC1. The topological polar surface area (TPSA) is 58.4 Å². The number of hydrogen-bond donors (Lipinski definition) is 2. The summed E-state index contributed by atoms with van der Waals surface area (Å²) in [5.74, 6) is 0.189. The standard InChI is InChI=1S/C13H27N3O/c1-2-16(12-7-8-12)11-10-15-13(17)6-4-3-5-9-14/h12H,2-11,14H2,1H3,(H,15,17). The number of amides is 1. The van der Waals surface area contributed by atoms with Crippen molar-refractivity contribution in [3.63, 3.8) is 0 Å². The number of carbonyl (C=O) groups excluding carboxylic acids is 1. The van der Waals surface area contributed by atoms with E-state index in [-0.39, 0.29) is 5.91 Å². The molecule has 0 aromatic rings. The highest BCUT2D eigenvalue weighted by Gasteiger charge is 2.27. The number of nitrogens with two attached hydrogens (primary N) is 1. The Bertz CT molecular complexity index is 217. The van der Waals surface area contributed by atoms with Gasteiger partial charge in [-0.3, -0.25) is 9.69 Å². The highest BCUT2D eigenvalue weighted by Crippen LogP contribution is 2.25. The Hall–Kier alpha value is -0.610. The molecule has 4 nitrogen and oxygen atoms in total. The van der Waals surface area contributed by atoms with E-state index >= 15 is 0 Å². The molecule has 0 radical (unpaired) electrons. The van der Waals surface area contributed by atoms with Crippen LogP contribution in [0.1, 0.15) is 45.4 Å². The summed E-state index contributed by atoms with van der Waals surface area (Å²) in [5.41, 5.74) is 5.40. The molecule has 1 amide bonds. The molecule has 1 saturated carbocycles. The van der Waals surface area contributed by atoms with Crippen LogP contribution in [0, 0.1) is 0 Å². The average molecular weight is 241 g/mol. The maximum atomic E-state index is 11.5. The van der Waals surface area contributed by atoms with E-state index in [0.29, 0.717) is 6.42 Å². The highest BCUT2D eigenvalue weighted by molar-refractivity contribution is 5.75. The highest BCUT2D eigenvalue weighted by atomic mass is 16.1.